The summed E-state index contributed by atoms with van der Waals surface area (Å²) in [5, 5.41) is 19.7. The number of aromatic nitrogens is 2. The molecule has 34 heavy (non-hydrogen) atoms. The number of carbonyl (C=O) groups excluding carboxylic acids is 1. The second-order valence-electron chi connectivity index (χ2n) is 8.36. The predicted molar refractivity (Wildman–Crippen MR) is 115 cm³/mol. The SMILES string of the molecule is COc1cc(C)cc2cc(COC(=O)Cc3ccn([C@@H]4C[C@H](CO)[C@@H](O)C4(F)F)c(=O)n3)oc12. The first-order valence-corrected chi connectivity index (χ1v) is 10.6. The summed E-state index contributed by atoms with van der Waals surface area (Å²) in [5.41, 5.74) is 0.571. The summed E-state index contributed by atoms with van der Waals surface area (Å²) in [7, 11) is 1.53. The molecule has 2 heterocycles. The number of furan rings is 1. The fraction of sp³-hybridized carbons (Fsp3) is 0.435. The lowest BCUT2D eigenvalue weighted by molar-refractivity contribution is -0.144. The van der Waals surface area contributed by atoms with E-state index < -0.39 is 42.3 Å². The first-order chi connectivity index (χ1) is 16.1. The summed E-state index contributed by atoms with van der Waals surface area (Å²) in [4.78, 5) is 28.3. The van der Waals surface area contributed by atoms with Crippen LogP contribution in [0.3, 0.4) is 0 Å². The predicted octanol–water partition coefficient (Wildman–Crippen LogP) is 2.14. The van der Waals surface area contributed by atoms with Gasteiger partial charge in [0.1, 0.15) is 24.5 Å². The molecule has 4 rings (SSSR count). The average molecular weight is 478 g/mol. The fourth-order valence-corrected chi connectivity index (χ4v) is 4.23. The lowest BCUT2D eigenvalue weighted by Gasteiger charge is -2.23. The molecule has 2 aromatic heterocycles. The van der Waals surface area contributed by atoms with Crippen molar-refractivity contribution in [1.29, 1.82) is 0 Å². The molecule has 0 radical (unpaired) electrons. The number of benzene rings is 1. The molecule has 11 heteroatoms. The molecule has 1 saturated carbocycles. The molecule has 0 spiro atoms. The molecule has 2 N–H and O–H groups in total. The number of aliphatic hydroxyl groups is 2. The van der Waals surface area contributed by atoms with Crippen LogP contribution in [-0.2, 0) is 22.6 Å². The Bertz CT molecular complexity index is 1270. The number of hydrogen-bond donors (Lipinski definition) is 2. The van der Waals surface area contributed by atoms with Crippen molar-refractivity contribution in [1.82, 2.24) is 9.55 Å². The number of carbonyl (C=O) groups is 1. The van der Waals surface area contributed by atoms with E-state index in [0.29, 0.717) is 17.1 Å². The van der Waals surface area contributed by atoms with E-state index >= 15 is 0 Å². The Kier molecular flexibility index (Phi) is 6.41. The van der Waals surface area contributed by atoms with E-state index in [9.17, 15) is 28.6 Å². The van der Waals surface area contributed by atoms with Crippen LogP contribution in [0.2, 0.25) is 0 Å². The topological polar surface area (TPSA) is 124 Å². The van der Waals surface area contributed by atoms with Crippen molar-refractivity contribution in [3.8, 4) is 5.75 Å². The maximum Gasteiger partial charge on any atom is 0.348 e. The Morgan fingerprint density at radius 1 is 1.35 bits per heavy atom. The van der Waals surface area contributed by atoms with Gasteiger partial charge in [-0.05, 0) is 43.2 Å². The Balaban J connectivity index is 1.42. The van der Waals surface area contributed by atoms with Crippen molar-refractivity contribution >= 4 is 16.9 Å². The van der Waals surface area contributed by atoms with Gasteiger partial charge in [-0.2, -0.15) is 4.98 Å². The first kappa shape index (κ1) is 23.8. The van der Waals surface area contributed by atoms with Gasteiger partial charge < -0.3 is 24.1 Å². The number of ether oxygens (including phenoxy) is 2. The van der Waals surface area contributed by atoms with Gasteiger partial charge in [0.2, 0.25) is 0 Å². The van der Waals surface area contributed by atoms with Crippen LogP contribution < -0.4 is 10.4 Å². The van der Waals surface area contributed by atoms with Crippen LogP contribution in [0.1, 0.15) is 29.5 Å². The highest BCUT2D eigenvalue weighted by Crippen LogP contribution is 2.46. The van der Waals surface area contributed by atoms with Crippen LogP contribution in [0.5, 0.6) is 5.75 Å². The summed E-state index contributed by atoms with van der Waals surface area (Å²) in [6.07, 6.45) is -1.58. The van der Waals surface area contributed by atoms with Crippen LogP contribution in [0.25, 0.3) is 11.0 Å². The summed E-state index contributed by atoms with van der Waals surface area (Å²) >= 11 is 0. The fourth-order valence-electron chi connectivity index (χ4n) is 4.23. The number of hydrogen-bond acceptors (Lipinski definition) is 8. The third kappa shape index (κ3) is 4.40. The van der Waals surface area contributed by atoms with Crippen LogP contribution >= 0.6 is 0 Å². The second-order valence-corrected chi connectivity index (χ2v) is 8.36. The Labute approximate surface area is 192 Å². The highest BCUT2D eigenvalue weighted by Gasteiger charge is 2.57. The summed E-state index contributed by atoms with van der Waals surface area (Å²) in [5.74, 6) is -4.38. The minimum absolute atomic E-state index is 0.0497. The highest BCUT2D eigenvalue weighted by atomic mass is 19.3. The smallest absolute Gasteiger partial charge is 0.348 e. The van der Waals surface area contributed by atoms with Crippen molar-refractivity contribution < 1.29 is 37.7 Å². The number of fused-ring (bicyclic) bond motifs is 1. The molecule has 0 unspecified atom stereocenters. The molecule has 1 fully saturated rings. The molecule has 1 aliphatic rings. The molecule has 182 valence electrons. The largest absolute Gasteiger partial charge is 0.493 e. The summed E-state index contributed by atoms with van der Waals surface area (Å²) in [6, 6.07) is 5.08. The third-order valence-corrected chi connectivity index (χ3v) is 5.97. The summed E-state index contributed by atoms with van der Waals surface area (Å²) < 4.78 is 45.7. The van der Waals surface area contributed by atoms with Crippen LogP contribution in [-0.4, -0.2) is 51.5 Å². The van der Waals surface area contributed by atoms with Gasteiger partial charge in [0.15, 0.2) is 11.3 Å². The highest BCUT2D eigenvalue weighted by molar-refractivity contribution is 5.84. The van der Waals surface area contributed by atoms with E-state index in [2.05, 4.69) is 4.98 Å². The number of aliphatic hydroxyl groups excluding tert-OH is 2. The van der Waals surface area contributed by atoms with Gasteiger partial charge in [0.05, 0.1) is 19.2 Å². The Hall–Kier alpha value is -3.31. The first-order valence-electron chi connectivity index (χ1n) is 10.6. The van der Waals surface area contributed by atoms with Gasteiger partial charge in [-0.15, -0.1) is 0 Å². The van der Waals surface area contributed by atoms with E-state index in [1.54, 1.807) is 6.07 Å². The van der Waals surface area contributed by atoms with E-state index in [0.717, 1.165) is 21.7 Å². The zero-order chi connectivity index (χ0) is 24.6. The molecule has 3 atom stereocenters. The molecule has 0 amide bonds. The number of nitrogens with zero attached hydrogens (tertiary/aromatic N) is 2. The minimum atomic E-state index is -3.60. The van der Waals surface area contributed by atoms with Gasteiger partial charge in [-0.3, -0.25) is 9.36 Å². The summed E-state index contributed by atoms with van der Waals surface area (Å²) in [6.45, 7) is 1.13. The number of alkyl halides is 2. The second kappa shape index (κ2) is 9.15. The van der Waals surface area contributed by atoms with Gasteiger partial charge in [-0.1, -0.05) is 0 Å². The molecule has 0 saturated heterocycles. The van der Waals surface area contributed by atoms with Gasteiger partial charge >= 0.3 is 11.7 Å². The Morgan fingerprint density at radius 2 is 2.12 bits per heavy atom. The standard InChI is InChI=1S/C23H24F2N2O7/c1-12-5-13-7-16(34-20(13)17(6-12)32-2)11-33-19(29)9-15-3-4-27(22(31)26-15)18-8-14(10-28)21(30)23(18,24)25/h3-7,14,18,21,28,30H,8-11H2,1-2H3/t14-,18-,21-/m1/s1. The van der Waals surface area contributed by atoms with E-state index in [4.69, 9.17) is 13.9 Å². The zero-order valence-electron chi connectivity index (χ0n) is 18.5. The quantitative estimate of drug-likeness (QED) is 0.495. The van der Waals surface area contributed by atoms with Crippen LogP contribution in [0.4, 0.5) is 8.78 Å². The maximum absolute atomic E-state index is 14.4. The molecule has 0 bridgehead atoms. The molecule has 1 aromatic carbocycles. The van der Waals surface area contributed by atoms with Gasteiger partial charge in [0.25, 0.3) is 5.92 Å². The van der Waals surface area contributed by atoms with Crippen molar-refractivity contribution in [3.05, 3.63) is 58.0 Å². The third-order valence-electron chi connectivity index (χ3n) is 5.97. The monoisotopic (exact) mass is 478 g/mol. The van der Waals surface area contributed by atoms with Crippen LogP contribution in [0.15, 0.2) is 39.7 Å². The van der Waals surface area contributed by atoms with Crippen molar-refractivity contribution in [2.24, 2.45) is 5.92 Å². The zero-order valence-corrected chi connectivity index (χ0v) is 18.5. The minimum Gasteiger partial charge on any atom is -0.493 e. The number of halogens is 2. The lowest BCUT2D eigenvalue weighted by atomic mass is 10.1. The number of esters is 1. The van der Waals surface area contributed by atoms with E-state index in [-0.39, 0.29) is 25.1 Å². The van der Waals surface area contributed by atoms with E-state index in [1.807, 2.05) is 19.1 Å². The molecular weight excluding hydrogens is 454 g/mol. The molecule has 1 aliphatic carbocycles. The molecular formula is C23H24F2N2O7. The average Bonchev–Trinajstić information content (AvgIpc) is 3.30. The van der Waals surface area contributed by atoms with Gasteiger partial charge in [0, 0.05) is 24.1 Å². The van der Waals surface area contributed by atoms with Crippen molar-refractivity contribution in [2.75, 3.05) is 13.7 Å². The van der Waals surface area contributed by atoms with Crippen molar-refractivity contribution in [2.45, 2.75) is 44.4 Å². The maximum atomic E-state index is 14.4. The normalized spacial score (nSPS) is 21.6. The van der Waals surface area contributed by atoms with Crippen molar-refractivity contribution in [3.63, 3.8) is 0 Å². The Morgan fingerprint density at radius 3 is 2.76 bits per heavy atom. The molecule has 0 aliphatic heterocycles. The van der Waals surface area contributed by atoms with Gasteiger partial charge in [-0.25, -0.2) is 13.6 Å². The molecule has 3 aromatic rings. The molecule has 9 nitrogen and oxygen atoms in total. The number of rotatable bonds is 7. The number of aryl methyl sites for hydroxylation is 1. The van der Waals surface area contributed by atoms with Crippen LogP contribution in [0, 0.1) is 12.8 Å². The number of methoxy groups -OCH3 is 1. The van der Waals surface area contributed by atoms with E-state index in [1.165, 1.54) is 13.2 Å². The lowest BCUT2D eigenvalue weighted by Crippen LogP contribution is -2.41.